The minimum Gasteiger partial charge on any atom is -0.464 e. The lowest BCUT2D eigenvalue weighted by molar-refractivity contribution is -0.163. The van der Waals surface area contributed by atoms with E-state index in [-0.39, 0.29) is 23.1 Å². The molecule has 0 saturated carbocycles. The molecule has 1 saturated heterocycles. The molecule has 1 aliphatic rings. The van der Waals surface area contributed by atoms with Crippen molar-refractivity contribution in [3.63, 3.8) is 0 Å². The van der Waals surface area contributed by atoms with E-state index in [1.807, 2.05) is 0 Å². The van der Waals surface area contributed by atoms with Crippen LogP contribution < -0.4 is 10.6 Å². The van der Waals surface area contributed by atoms with Gasteiger partial charge in [0.2, 0.25) is 5.91 Å². The smallest absolute Gasteiger partial charge is 0.405 e. The lowest BCUT2D eigenvalue weighted by atomic mass is 10.0. The first-order chi connectivity index (χ1) is 18.0. The number of benzene rings is 2. The van der Waals surface area contributed by atoms with Crippen molar-refractivity contribution in [3.8, 4) is 11.3 Å². The first-order valence-electron chi connectivity index (χ1n) is 12.0. The van der Waals surface area contributed by atoms with Crippen LogP contribution in [0.2, 0.25) is 0 Å². The summed E-state index contributed by atoms with van der Waals surface area (Å²) in [6, 6.07) is 14.1. The molecule has 11 heteroatoms. The van der Waals surface area contributed by atoms with Crippen molar-refractivity contribution in [2.24, 2.45) is 5.92 Å². The van der Waals surface area contributed by atoms with Gasteiger partial charge >= 0.3 is 6.18 Å². The maximum Gasteiger partial charge on any atom is 0.405 e. The Morgan fingerprint density at radius 1 is 1.11 bits per heavy atom. The van der Waals surface area contributed by atoms with Crippen LogP contribution in [0.4, 0.5) is 13.2 Å². The lowest BCUT2D eigenvalue weighted by Crippen LogP contribution is -2.64. The van der Waals surface area contributed by atoms with Crippen molar-refractivity contribution < 1.29 is 30.8 Å². The second-order valence-electron chi connectivity index (χ2n) is 9.27. The fourth-order valence-electron chi connectivity index (χ4n) is 4.16. The van der Waals surface area contributed by atoms with E-state index in [1.54, 1.807) is 62.6 Å². The zero-order chi connectivity index (χ0) is 27.5. The fraction of sp³-hybridized carbons (Fsp3) is 0.296. The van der Waals surface area contributed by atoms with Gasteiger partial charge in [0, 0.05) is 12.1 Å². The number of piperazine rings is 1. The van der Waals surface area contributed by atoms with Crippen LogP contribution in [-0.4, -0.2) is 43.4 Å². The number of halogens is 3. The molecule has 0 radical (unpaired) electrons. The number of sulfonamides is 1. The van der Waals surface area contributed by atoms with Gasteiger partial charge in [-0.2, -0.15) is 13.2 Å². The molecule has 1 aromatic heterocycles. The molecule has 0 bridgehead atoms. The summed E-state index contributed by atoms with van der Waals surface area (Å²) in [7, 11) is -4.37. The number of alkyl halides is 3. The fourth-order valence-corrected chi connectivity index (χ4v) is 5.71. The van der Waals surface area contributed by atoms with Gasteiger partial charge in [-0.3, -0.25) is 14.4 Å². The van der Waals surface area contributed by atoms with Crippen molar-refractivity contribution in [3.05, 3.63) is 90.3 Å². The number of rotatable bonds is 7. The predicted octanol–water partition coefficient (Wildman–Crippen LogP) is 4.70. The van der Waals surface area contributed by atoms with Crippen LogP contribution in [0.3, 0.4) is 0 Å². The van der Waals surface area contributed by atoms with Crippen LogP contribution in [0.25, 0.3) is 11.3 Å². The summed E-state index contributed by atoms with van der Waals surface area (Å²) >= 11 is 0. The van der Waals surface area contributed by atoms with Crippen LogP contribution in [0.15, 0.2) is 94.1 Å². The maximum absolute atomic E-state index is 13.9. The van der Waals surface area contributed by atoms with Gasteiger partial charge in [-0.1, -0.05) is 62.4 Å². The van der Waals surface area contributed by atoms with E-state index in [0.717, 1.165) is 5.56 Å². The Labute approximate surface area is 219 Å². The zero-order valence-corrected chi connectivity index (χ0v) is 21.6. The Balaban J connectivity index is 1.62. The number of carbonyl (C=O) groups excluding carboxylic acids is 1. The largest absolute Gasteiger partial charge is 0.464 e. The van der Waals surface area contributed by atoms with E-state index in [2.05, 4.69) is 10.6 Å². The molecular formula is C27H28F3N3O4S. The molecule has 2 aromatic carbocycles. The highest BCUT2D eigenvalue weighted by Crippen LogP contribution is 2.32. The van der Waals surface area contributed by atoms with E-state index >= 15 is 0 Å². The number of carbonyl (C=O) groups is 1. The van der Waals surface area contributed by atoms with Gasteiger partial charge in [0.05, 0.1) is 23.4 Å². The van der Waals surface area contributed by atoms with Crippen LogP contribution in [-0.2, 0) is 21.4 Å². The highest BCUT2D eigenvalue weighted by molar-refractivity contribution is 7.89. The van der Waals surface area contributed by atoms with Gasteiger partial charge in [0.15, 0.2) is 0 Å². The summed E-state index contributed by atoms with van der Waals surface area (Å²) in [5, 5.41) is 5.00. The van der Waals surface area contributed by atoms with Gasteiger partial charge in [-0.05, 0) is 35.7 Å². The average Bonchev–Trinajstić information content (AvgIpc) is 3.42. The number of nitrogens with one attached hydrogen (secondary N) is 2. The summed E-state index contributed by atoms with van der Waals surface area (Å²) in [5.74, 6) is -0.338. The Morgan fingerprint density at radius 2 is 1.79 bits per heavy atom. The monoisotopic (exact) mass is 547 g/mol. The Morgan fingerprint density at radius 3 is 2.37 bits per heavy atom. The van der Waals surface area contributed by atoms with Crippen LogP contribution in [0.1, 0.15) is 19.4 Å². The van der Waals surface area contributed by atoms with E-state index < -0.39 is 40.7 Å². The highest BCUT2D eigenvalue weighted by Gasteiger charge is 2.50. The molecule has 0 aliphatic carbocycles. The van der Waals surface area contributed by atoms with Gasteiger partial charge < -0.3 is 9.73 Å². The molecule has 7 nitrogen and oxygen atoms in total. The molecule has 2 N–H and O–H groups in total. The average molecular weight is 548 g/mol. The normalized spacial score (nSPS) is 19.6. The van der Waals surface area contributed by atoms with E-state index in [9.17, 15) is 26.4 Å². The third-order valence-corrected chi connectivity index (χ3v) is 7.83. The van der Waals surface area contributed by atoms with Crippen LogP contribution in [0, 0.1) is 5.92 Å². The molecule has 3 aromatic rings. The summed E-state index contributed by atoms with van der Waals surface area (Å²) in [6.07, 6.45) is -1.73. The second-order valence-corrected chi connectivity index (χ2v) is 11.1. The van der Waals surface area contributed by atoms with E-state index in [0.29, 0.717) is 15.6 Å². The Hall–Kier alpha value is -3.57. The summed E-state index contributed by atoms with van der Waals surface area (Å²) in [6.45, 7) is 2.65. The Bertz CT molecular complexity index is 1370. The molecule has 0 unspecified atom stereocenters. The molecule has 38 heavy (non-hydrogen) atoms. The molecule has 4 rings (SSSR count). The van der Waals surface area contributed by atoms with Gasteiger partial charge in [0.1, 0.15) is 17.8 Å². The number of nitrogens with zero attached hydrogens (tertiary/aromatic N) is 1. The van der Waals surface area contributed by atoms with E-state index in [4.69, 9.17) is 4.42 Å². The third-order valence-electron chi connectivity index (χ3n) is 6.02. The summed E-state index contributed by atoms with van der Waals surface area (Å²) in [4.78, 5) is 13.1. The van der Waals surface area contributed by atoms with Crippen molar-refractivity contribution in [1.29, 1.82) is 0 Å². The third kappa shape index (κ3) is 6.11. The van der Waals surface area contributed by atoms with E-state index in [1.165, 1.54) is 30.3 Å². The van der Waals surface area contributed by atoms with Crippen LogP contribution >= 0.6 is 0 Å². The lowest BCUT2D eigenvalue weighted by Gasteiger charge is -2.41. The number of amides is 1. The summed E-state index contributed by atoms with van der Waals surface area (Å²) in [5.41, 5.74) is 1.49. The molecule has 2 atom stereocenters. The van der Waals surface area contributed by atoms with Crippen LogP contribution in [0.5, 0.6) is 0 Å². The first kappa shape index (κ1) is 27.5. The molecule has 1 fully saturated rings. The van der Waals surface area contributed by atoms with Crippen molar-refractivity contribution in [2.45, 2.75) is 43.5 Å². The number of hydrogen-bond donors (Lipinski definition) is 2. The molecule has 2 heterocycles. The number of hydrogen-bond acceptors (Lipinski definition) is 5. The first-order valence-corrected chi connectivity index (χ1v) is 13.4. The minimum atomic E-state index is -4.78. The minimum absolute atomic E-state index is 0.0343. The molecule has 0 spiro atoms. The van der Waals surface area contributed by atoms with Crippen molar-refractivity contribution >= 4 is 15.9 Å². The molecule has 202 valence electrons. The Kier molecular flexibility index (Phi) is 7.98. The van der Waals surface area contributed by atoms with Gasteiger partial charge in [-0.15, -0.1) is 0 Å². The van der Waals surface area contributed by atoms with Crippen molar-refractivity contribution in [1.82, 2.24) is 14.9 Å². The zero-order valence-electron chi connectivity index (χ0n) is 20.8. The quantitative estimate of drug-likeness (QED) is 0.448. The number of furan rings is 1. The van der Waals surface area contributed by atoms with Gasteiger partial charge in [-0.25, -0.2) is 8.42 Å². The summed E-state index contributed by atoms with van der Waals surface area (Å²) < 4.78 is 74.7. The maximum atomic E-state index is 13.9. The predicted molar refractivity (Wildman–Crippen MR) is 136 cm³/mol. The SMILES string of the molecule is CC(C)C=C1[C@H](C(=O)NCc2ccc(-c3ccco3)cc2)N[C@H](C(F)(F)F)CN1S(=O)(=O)c1ccccc1. The second kappa shape index (κ2) is 11.0. The molecule has 1 aliphatic heterocycles. The van der Waals surface area contributed by atoms with Crippen molar-refractivity contribution in [2.75, 3.05) is 6.54 Å². The topological polar surface area (TPSA) is 91.7 Å². The standard InChI is InChI=1S/C27H28F3N3O4S/c1-18(2)15-22-25(26(34)31-16-19-10-12-20(13-11-19)23-9-6-14-37-23)32-24(27(28,29)30)17-33(22)38(35,36)21-7-4-3-5-8-21/h3-15,18,24-25,32H,16-17H2,1-2H3,(H,31,34)/t24-,25+/m0/s1. The molecular weight excluding hydrogens is 519 g/mol. The van der Waals surface area contributed by atoms with Gasteiger partial charge in [0.25, 0.3) is 10.0 Å². The molecule has 1 amide bonds. The highest BCUT2D eigenvalue weighted by atomic mass is 32.2. The number of allylic oxidation sites excluding steroid dienone is 1.